The van der Waals surface area contributed by atoms with Gasteiger partial charge in [0.1, 0.15) is 0 Å². The topological polar surface area (TPSA) is 25.2 Å². The Morgan fingerprint density at radius 3 is 2.82 bits per heavy atom. The van der Waals surface area contributed by atoms with E-state index in [9.17, 15) is 0 Å². The molecule has 0 aliphatic heterocycles. The van der Waals surface area contributed by atoms with Crippen LogP contribution in [0.2, 0.25) is 0 Å². The highest BCUT2D eigenvalue weighted by Crippen LogP contribution is 2.24. The normalized spacial score (nSPS) is 12.6. The highest BCUT2D eigenvalue weighted by atomic mass is 79.9. The van der Waals surface area contributed by atoms with Gasteiger partial charge in [-0.15, -0.1) is 0 Å². The summed E-state index contributed by atoms with van der Waals surface area (Å²) < 4.78 is 6.27. The molecule has 1 N–H and O–H groups in total. The number of hydrogen-bond donors (Lipinski definition) is 1. The van der Waals surface area contributed by atoms with Crippen LogP contribution >= 0.6 is 15.9 Å². The van der Waals surface area contributed by atoms with E-state index in [4.69, 9.17) is 4.42 Å². The maximum absolute atomic E-state index is 5.18. The van der Waals surface area contributed by atoms with E-state index >= 15 is 0 Å². The molecule has 0 saturated carbocycles. The summed E-state index contributed by atoms with van der Waals surface area (Å²) in [7, 11) is 0. The average molecular weight is 294 g/mol. The Morgan fingerprint density at radius 2 is 2.18 bits per heavy atom. The SMILES string of the molecule is CCCNC(c1ccoc1)c1cccc(Br)c1. The lowest BCUT2D eigenvalue weighted by Crippen LogP contribution is -2.22. The van der Waals surface area contributed by atoms with Gasteiger partial charge in [0.15, 0.2) is 0 Å². The van der Waals surface area contributed by atoms with Crippen molar-refractivity contribution in [1.82, 2.24) is 5.32 Å². The van der Waals surface area contributed by atoms with Crippen LogP contribution in [0.5, 0.6) is 0 Å². The van der Waals surface area contributed by atoms with Crippen molar-refractivity contribution in [2.45, 2.75) is 19.4 Å². The molecule has 1 aromatic heterocycles. The van der Waals surface area contributed by atoms with Gasteiger partial charge in [-0.2, -0.15) is 0 Å². The zero-order chi connectivity index (χ0) is 12.1. The molecule has 17 heavy (non-hydrogen) atoms. The van der Waals surface area contributed by atoms with Crippen molar-refractivity contribution in [3.63, 3.8) is 0 Å². The van der Waals surface area contributed by atoms with Gasteiger partial charge in [0.05, 0.1) is 18.6 Å². The monoisotopic (exact) mass is 293 g/mol. The summed E-state index contributed by atoms with van der Waals surface area (Å²) in [5.41, 5.74) is 2.41. The predicted molar refractivity (Wildman–Crippen MR) is 73.0 cm³/mol. The van der Waals surface area contributed by atoms with Gasteiger partial charge in [0.2, 0.25) is 0 Å². The van der Waals surface area contributed by atoms with Crippen molar-refractivity contribution in [1.29, 1.82) is 0 Å². The molecule has 0 spiro atoms. The third kappa shape index (κ3) is 3.20. The molecule has 0 saturated heterocycles. The van der Waals surface area contributed by atoms with Gasteiger partial charge in [-0.05, 0) is 36.7 Å². The van der Waals surface area contributed by atoms with Gasteiger partial charge in [-0.3, -0.25) is 0 Å². The van der Waals surface area contributed by atoms with Crippen molar-refractivity contribution in [3.05, 3.63) is 58.5 Å². The number of rotatable bonds is 5. The van der Waals surface area contributed by atoms with Gasteiger partial charge in [0.25, 0.3) is 0 Å². The van der Waals surface area contributed by atoms with Crippen molar-refractivity contribution in [2.75, 3.05) is 6.54 Å². The van der Waals surface area contributed by atoms with Crippen LogP contribution < -0.4 is 5.32 Å². The summed E-state index contributed by atoms with van der Waals surface area (Å²) in [5.74, 6) is 0. The fourth-order valence-corrected chi connectivity index (χ4v) is 2.26. The van der Waals surface area contributed by atoms with Crippen molar-refractivity contribution in [2.24, 2.45) is 0 Å². The minimum atomic E-state index is 0.200. The molecule has 0 aliphatic carbocycles. The molecule has 1 unspecified atom stereocenters. The summed E-state index contributed by atoms with van der Waals surface area (Å²) in [6.07, 6.45) is 4.63. The second-order valence-corrected chi connectivity index (χ2v) is 4.91. The Balaban J connectivity index is 2.27. The number of nitrogens with one attached hydrogen (secondary N) is 1. The maximum Gasteiger partial charge on any atom is 0.0953 e. The largest absolute Gasteiger partial charge is 0.472 e. The van der Waals surface area contributed by atoms with Crippen molar-refractivity contribution >= 4 is 15.9 Å². The molecule has 90 valence electrons. The molecule has 0 radical (unpaired) electrons. The molecule has 0 bridgehead atoms. The Bertz CT molecular complexity index is 453. The quantitative estimate of drug-likeness (QED) is 0.897. The maximum atomic E-state index is 5.18. The Kier molecular flexibility index (Phi) is 4.40. The molecular weight excluding hydrogens is 278 g/mol. The zero-order valence-electron chi connectivity index (χ0n) is 9.82. The number of halogens is 1. The minimum absolute atomic E-state index is 0.200. The lowest BCUT2D eigenvalue weighted by atomic mass is 10.0. The van der Waals surface area contributed by atoms with E-state index < -0.39 is 0 Å². The van der Waals surface area contributed by atoms with Gasteiger partial charge in [-0.25, -0.2) is 0 Å². The molecule has 2 rings (SSSR count). The molecule has 2 nitrogen and oxygen atoms in total. The minimum Gasteiger partial charge on any atom is -0.472 e. The Morgan fingerprint density at radius 1 is 1.29 bits per heavy atom. The van der Waals surface area contributed by atoms with Crippen LogP contribution in [0.4, 0.5) is 0 Å². The van der Waals surface area contributed by atoms with Crippen LogP contribution in [0.15, 0.2) is 51.7 Å². The fourth-order valence-electron chi connectivity index (χ4n) is 1.84. The molecule has 3 heteroatoms. The van der Waals surface area contributed by atoms with Crippen molar-refractivity contribution < 1.29 is 4.42 Å². The summed E-state index contributed by atoms with van der Waals surface area (Å²) in [4.78, 5) is 0. The molecule has 1 aromatic carbocycles. The fraction of sp³-hybridized carbons (Fsp3) is 0.286. The first-order valence-corrected chi connectivity index (χ1v) is 6.61. The van der Waals surface area contributed by atoms with Crippen LogP contribution in [0, 0.1) is 0 Å². The summed E-state index contributed by atoms with van der Waals surface area (Å²) in [6.45, 7) is 3.16. The van der Waals surface area contributed by atoms with Gasteiger partial charge in [-0.1, -0.05) is 35.0 Å². The molecule has 0 amide bonds. The number of benzene rings is 1. The van der Waals surface area contributed by atoms with E-state index in [1.165, 1.54) is 5.56 Å². The first-order valence-electron chi connectivity index (χ1n) is 5.82. The van der Waals surface area contributed by atoms with Crippen molar-refractivity contribution in [3.8, 4) is 0 Å². The second kappa shape index (κ2) is 6.03. The van der Waals surface area contributed by atoms with Crippen LogP contribution in [0.3, 0.4) is 0 Å². The molecule has 2 aromatic rings. The van der Waals surface area contributed by atoms with Gasteiger partial charge < -0.3 is 9.73 Å². The highest BCUT2D eigenvalue weighted by molar-refractivity contribution is 9.10. The van der Waals surface area contributed by atoms with E-state index in [1.54, 1.807) is 12.5 Å². The first-order chi connectivity index (χ1) is 8.31. The summed E-state index contributed by atoms with van der Waals surface area (Å²) in [6, 6.07) is 10.6. The summed E-state index contributed by atoms with van der Waals surface area (Å²) in [5, 5.41) is 3.53. The average Bonchev–Trinajstić information content (AvgIpc) is 2.83. The predicted octanol–water partition coefficient (Wildman–Crippen LogP) is 4.13. The summed E-state index contributed by atoms with van der Waals surface area (Å²) >= 11 is 3.51. The molecule has 1 heterocycles. The van der Waals surface area contributed by atoms with E-state index in [0.29, 0.717) is 0 Å². The Labute approximate surface area is 110 Å². The highest BCUT2D eigenvalue weighted by Gasteiger charge is 2.14. The molecule has 0 aliphatic rings. The van der Waals surface area contributed by atoms with Gasteiger partial charge in [0, 0.05) is 10.0 Å². The van der Waals surface area contributed by atoms with E-state index in [-0.39, 0.29) is 6.04 Å². The number of hydrogen-bond acceptors (Lipinski definition) is 2. The lowest BCUT2D eigenvalue weighted by molar-refractivity contribution is 0.548. The molecule has 0 fully saturated rings. The zero-order valence-corrected chi connectivity index (χ0v) is 11.4. The van der Waals surface area contributed by atoms with E-state index in [1.807, 2.05) is 12.1 Å². The molecular formula is C14H16BrNO. The third-order valence-electron chi connectivity index (χ3n) is 2.66. The Hall–Kier alpha value is -1.06. The van der Waals surface area contributed by atoms with E-state index in [2.05, 4.69) is 46.4 Å². The smallest absolute Gasteiger partial charge is 0.0953 e. The van der Waals surface area contributed by atoms with Crippen LogP contribution in [-0.4, -0.2) is 6.54 Å². The standard InChI is InChI=1S/C14H16BrNO/c1-2-7-16-14(12-6-8-17-10-12)11-4-3-5-13(15)9-11/h3-6,8-10,14,16H,2,7H2,1H3. The van der Waals surface area contributed by atoms with Crippen LogP contribution in [0.1, 0.15) is 30.5 Å². The van der Waals surface area contributed by atoms with Crippen LogP contribution in [-0.2, 0) is 0 Å². The molecule has 1 atom stereocenters. The first kappa shape index (κ1) is 12.4. The third-order valence-corrected chi connectivity index (χ3v) is 3.15. The lowest BCUT2D eigenvalue weighted by Gasteiger charge is -2.17. The van der Waals surface area contributed by atoms with E-state index in [0.717, 1.165) is 23.0 Å². The second-order valence-electron chi connectivity index (χ2n) is 4.00. The van der Waals surface area contributed by atoms with Crippen LogP contribution in [0.25, 0.3) is 0 Å². The van der Waals surface area contributed by atoms with Gasteiger partial charge >= 0.3 is 0 Å². The number of furan rings is 1.